The molecule has 2 aliphatic heterocycles. The van der Waals surface area contributed by atoms with Gasteiger partial charge >= 0.3 is 0 Å². The molecule has 2 atom stereocenters. The second kappa shape index (κ2) is 9.04. The zero-order valence-corrected chi connectivity index (χ0v) is 16.4. The summed E-state index contributed by atoms with van der Waals surface area (Å²) >= 11 is 1.89. The van der Waals surface area contributed by atoms with Crippen molar-refractivity contribution in [3.63, 3.8) is 0 Å². The summed E-state index contributed by atoms with van der Waals surface area (Å²) in [6, 6.07) is 6.58. The fourth-order valence-electron chi connectivity index (χ4n) is 4.08. The minimum absolute atomic E-state index is 0.0213. The standard InChI is InChI=1S/C20H31N3OS/c1-3-17-8-5-7-13-23(17)20(24)16(2)22-14-10-18(11-15-22)25-19-9-4-6-12-21-19/h4,6,9,12,16-18H,3,5,7-8,10-11,13-15H2,1-2H3/t16-,17-/m1/s1. The van der Waals surface area contributed by atoms with Crippen LogP contribution in [-0.4, -0.2) is 57.7 Å². The van der Waals surface area contributed by atoms with Gasteiger partial charge in [0.25, 0.3) is 0 Å². The first kappa shape index (κ1) is 18.7. The molecule has 0 spiro atoms. The molecule has 2 saturated heterocycles. The van der Waals surface area contributed by atoms with Crippen molar-refractivity contribution in [2.45, 2.75) is 74.7 Å². The number of likely N-dealkylation sites (tertiary alicyclic amines) is 2. The van der Waals surface area contributed by atoms with E-state index < -0.39 is 0 Å². The lowest BCUT2D eigenvalue weighted by Gasteiger charge is -2.41. The number of carbonyl (C=O) groups is 1. The molecule has 4 nitrogen and oxygen atoms in total. The maximum absolute atomic E-state index is 13.0. The Labute approximate surface area is 156 Å². The number of pyridine rings is 1. The smallest absolute Gasteiger partial charge is 0.239 e. The van der Waals surface area contributed by atoms with Crippen LogP contribution in [0.2, 0.25) is 0 Å². The monoisotopic (exact) mass is 361 g/mol. The molecule has 0 unspecified atom stereocenters. The lowest BCUT2D eigenvalue weighted by Crippen LogP contribution is -2.53. The van der Waals surface area contributed by atoms with Crippen molar-refractivity contribution >= 4 is 17.7 Å². The van der Waals surface area contributed by atoms with E-state index in [1.54, 1.807) is 0 Å². The molecule has 2 fully saturated rings. The van der Waals surface area contributed by atoms with Gasteiger partial charge in [0.05, 0.1) is 11.1 Å². The van der Waals surface area contributed by atoms with Gasteiger partial charge < -0.3 is 4.90 Å². The molecule has 0 bridgehead atoms. The van der Waals surface area contributed by atoms with Crippen LogP contribution in [0.5, 0.6) is 0 Å². The van der Waals surface area contributed by atoms with Gasteiger partial charge in [-0.2, -0.15) is 0 Å². The number of hydrogen-bond acceptors (Lipinski definition) is 4. The van der Waals surface area contributed by atoms with Crippen molar-refractivity contribution in [2.24, 2.45) is 0 Å². The molecule has 1 amide bonds. The highest BCUT2D eigenvalue weighted by molar-refractivity contribution is 7.99. The SMILES string of the molecule is CC[C@@H]1CCCCN1C(=O)[C@@H](C)N1CCC(Sc2ccccn2)CC1. The van der Waals surface area contributed by atoms with Gasteiger partial charge in [-0.05, 0) is 70.7 Å². The van der Waals surface area contributed by atoms with Gasteiger partial charge in [0.15, 0.2) is 0 Å². The quantitative estimate of drug-likeness (QED) is 0.799. The largest absolute Gasteiger partial charge is 0.338 e. The van der Waals surface area contributed by atoms with Crippen molar-refractivity contribution in [1.29, 1.82) is 0 Å². The summed E-state index contributed by atoms with van der Waals surface area (Å²) < 4.78 is 0. The van der Waals surface area contributed by atoms with E-state index in [2.05, 4.69) is 34.7 Å². The Bertz CT molecular complexity index is 545. The van der Waals surface area contributed by atoms with Crippen LogP contribution < -0.4 is 0 Å². The molecule has 25 heavy (non-hydrogen) atoms. The van der Waals surface area contributed by atoms with Gasteiger partial charge in [-0.15, -0.1) is 11.8 Å². The van der Waals surface area contributed by atoms with Crippen molar-refractivity contribution in [3.8, 4) is 0 Å². The molecule has 0 saturated carbocycles. The average Bonchev–Trinajstić information content (AvgIpc) is 2.68. The minimum Gasteiger partial charge on any atom is -0.338 e. The Morgan fingerprint density at radius 2 is 2.04 bits per heavy atom. The summed E-state index contributed by atoms with van der Waals surface area (Å²) in [5, 5.41) is 1.73. The van der Waals surface area contributed by atoms with Gasteiger partial charge in [-0.3, -0.25) is 9.69 Å². The van der Waals surface area contributed by atoms with E-state index in [1.165, 1.54) is 12.8 Å². The Morgan fingerprint density at radius 1 is 1.24 bits per heavy atom. The first-order chi connectivity index (χ1) is 12.2. The summed E-state index contributed by atoms with van der Waals surface area (Å²) in [7, 11) is 0. The number of carbonyl (C=O) groups excluding carboxylic acids is 1. The molecular formula is C20H31N3OS. The predicted octanol–water partition coefficient (Wildman–Crippen LogP) is 3.82. The average molecular weight is 362 g/mol. The Hall–Kier alpha value is -1.07. The molecule has 3 rings (SSSR count). The molecule has 0 aromatic carbocycles. The van der Waals surface area contributed by atoms with Crippen LogP contribution in [0.3, 0.4) is 0 Å². The summed E-state index contributed by atoms with van der Waals surface area (Å²) in [6.07, 6.45) is 8.83. The second-order valence-corrected chi connectivity index (χ2v) is 8.61. The number of piperidine rings is 2. The van der Waals surface area contributed by atoms with E-state index >= 15 is 0 Å². The first-order valence-corrected chi connectivity index (χ1v) is 10.7. The lowest BCUT2D eigenvalue weighted by atomic mass is 9.98. The van der Waals surface area contributed by atoms with E-state index in [-0.39, 0.29) is 6.04 Å². The van der Waals surface area contributed by atoms with Gasteiger partial charge in [-0.1, -0.05) is 13.0 Å². The van der Waals surface area contributed by atoms with Crippen LogP contribution in [0, 0.1) is 0 Å². The van der Waals surface area contributed by atoms with E-state index in [0.29, 0.717) is 17.2 Å². The van der Waals surface area contributed by atoms with Crippen molar-refractivity contribution in [2.75, 3.05) is 19.6 Å². The fraction of sp³-hybridized carbons (Fsp3) is 0.700. The second-order valence-electron chi connectivity index (χ2n) is 7.29. The van der Waals surface area contributed by atoms with Gasteiger partial charge in [0.1, 0.15) is 0 Å². The third-order valence-electron chi connectivity index (χ3n) is 5.69. The lowest BCUT2D eigenvalue weighted by molar-refractivity contribution is -0.140. The molecule has 3 heterocycles. The van der Waals surface area contributed by atoms with E-state index in [1.807, 2.05) is 30.1 Å². The van der Waals surface area contributed by atoms with Gasteiger partial charge in [0.2, 0.25) is 5.91 Å². The Kier molecular flexibility index (Phi) is 6.77. The maximum Gasteiger partial charge on any atom is 0.239 e. The Balaban J connectivity index is 1.50. The number of nitrogens with zero attached hydrogens (tertiary/aromatic N) is 3. The summed E-state index contributed by atoms with van der Waals surface area (Å²) in [5.74, 6) is 0.349. The van der Waals surface area contributed by atoms with Crippen LogP contribution in [0.25, 0.3) is 0 Å². The normalized spacial score (nSPS) is 24.2. The number of aromatic nitrogens is 1. The molecule has 1 aromatic heterocycles. The number of thioether (sulfide) groups is 1. The van der Waals surface area contributed by atoms with Crippen LogP contribution in [0.1, 0.15) is 52.4 Å². The summed E-state index contributed by atoms with van der Waals surface area (Å²) in [5.41, 5.74) is 0. The van der Waals surface area contributed by atoms with E-state index in [4.69, 9.17) is 0 Å². The van der Waals surface area contributed by atoms with Crippen LogP contribution in [0.15, 0.2) is 29.4 Å². The fourth-order valence-corrected chi connectivity index (χ4v) is 5.15. The summed E-state index contributed by atoms with van der Waals surface area (Å²) in [6.45, 7) is 7.30. The maximum atomic E-state index is 13.0. The van der Waals surface area contributed by atoms with Gasteiger partial charge in [-0.25, -0.2) is 4.98 Å². The summed E-state index contributed by atoms with van der Waals surface area (Å²) in [4.78, 5) is 22.0. The zero-order chi connectivity index (χ0) is 17.6. The highest BCUT2D eigenvalue weighted by Crippen LogP contribution is 2.30. The van der Waals surface area contributed by atoms with Crippen LogP contribution in [0.4, 0.5) is 0 Å². The first-order valence-electron chi connectivity index (χ1n) is 9.81. The zero-order valence-electron chi connectivity index (χ0n) is 15.6. The minimum atomic E-state index is 0.0213. The van der Waals surface area contributed by atoms with Crippen molar-refractivity contribution in [1.82, 2.24) is 14.8 Å². The molecule has 0 N–H and O–H groups in total. The highest BCUT2D eigenvalue weighted by atomic mass is 32.2. The molecule has 138 valence electrons. The third kappa shape index (κ3) is 4.76. The van der Waals surface area contributed by atoms with E-state index in [9.17, 15) is 4.79 Å². The molecule has 0 radical (unpaired) electrons. The molecular weight excluding hydrogens is 330 g/mol. The van der Waals surface area contributed by atoms with Gasteiger partial charge in [0, 0.05) is 24.0 Å². The molecule has 1 aromatic rings. The topological polar surface area (TPSA) is 36.4 Å². The Morgan fingerprint density at radius 3 is 2.72 bits per heavy atom. The highest BCUT2D eigenvalue weighted by Gasteiger charge is 2.33. The van der Waals surface area contributed by atoms with Crippen LogP contribution >= 0.6 is 11.8 Å². The van der Waals surface area contributed by atoms with Crippen LogP contribution in [-0.2, 0) is 4.79 Å². The number of rotatable bonds is 5. The molecule has 2 aliphatic rings. The van der Waals surface area contributed by atoms with Crippen molar-refractivity contribution in [3.05, 3.63) is 24.4 Å². The predicted molar refractivity (Wildman–Crippen MR) is 104 cm³/mol. The van der Waals surface area contributed by atoms with Crippen molar-refractivity contribution < 1.29 is 4.79 Å². The number of hydrogen-bond donors (Lipinski definition) is 0. The number of amides is 1. The molecule has 5 heteroatoms. The third-order valence-corrected chi connectivity index (χ3v) is 6.98. The molecule has 0 aliphatic carbocycles. The van der Waals surface area contributed by atoms with E-state index in [0.717, 1.165) is 50.3 Å².